The van der Waals surface area contributed by atoms with Gasteiger partial charge in [0.15, 0.2) is 0 Å². The lowest BCUT2D eigenvalue weighted by molar-refractivity contribution is 0.0370. The Kier molecular flexibility index (Phi) is 48.1. The van der Waals surface area contributed by atoms with Gasteiger partial charge < -0.3 is 14.6 Å². The number of methoxy groups -OCH3 is 1. The van der Waals surface area contributed by atoms with Crippen molar-refractivity contribution in [2.24, 2.45) is 0 Å². The summed E-state index contributed by atoms with van der Waals surface area (Å²) in [4.78, 5) is 0. The Morgan fingerprint density at radius 3 is 1.93 bits per heavy atom. The molecule has 0 bridgehead atoms. The van der Waals surface area contributed by atoms with Crippen molar-refractivity contribution in [1.82, 2.24) is 0 Å². The molecule has 0 radical (unpaired) electrons. The van der Waals surface area contributed by atoms with Crippen molar-refractivity contribution in [3.63, 3.8) is 0 Å². The van der Waals surface area contributed by atoms with Crippen LogP contribution in [0.4, 0.5) is 0 Å². The SMILES string of the molecule is C.C.C.C.COCCCOCC(C)O. The lowest BCUT2D eigenvalue weighted by Crippen LogP contribution is -2.11. The summed E-state index contributed by atoms with van der Waals surface area (Å²) in [5, 5.41) is 8.75. The second-order valence-corrected chi connectivity index (χ2v) is 2.27. The fourth-order valence-corrected chi connectivity index (χ4v) is 0.559. The molecule has 0 saturated heterocycles. The average Bonchev–Trinajstić information content (AvgIpc) is 1.87. The van der Waals surface area contributed by atoms with E-state index in [1.807, 2.05) is 0 Å². The summed E-state index contributed by atoms with van der Waals surface area (Å²) in [6.45, 7) is 3.51. The summed E-state index contributed by atoms with van der Waals surface area (Å²) in [7, 11) is 1.66. The van der Waals surface area contributed by atoms with Crippen LogP contribution in [-0.4, -0.2) is 38.1 Å². The van der Waals surface area contributed by atoms with Gasteiger partial charge in [0.2, 0.25) is 0 Å². The van der Waals surface area contributed by atoms with E-state index >= 15 is 0 Å². The minimum absolute atomic E-state index is 0. The maximum atomic E-state index is 8.75. The van der Waals surface area contributed by atoms with Crippen molar-refractivity contribution in [2.45, 2.75) is 49.2 Å². The van der Waals surface area contributed by atoms with Crippen LogP contribution in [0, 0.1) is 0 Å². The molecule has 0 aliphatic heterocycles. The van der Waals surface area contributed by atoms with Gasteiger partial charge in [0, 0.05) is 20.3 Å². The smallest absolute Gasteiger partial charge is 0.0745 e. The zero-order valence-electron chi connectivity index (χ0n) is 6.67. The van der Waals surface area contributed by atoms with Gasteiger partial charge in [0.25, 0.3) is 0 Å². The first-order valence-corrected chi connectivity index (χ1v) is 3.52. The van der Waals surface area contributed by atoms with E-state index in [1.165, 1.54) is 0 Å². The molecular weight excluding hydrogens is 180 g/mol. The minimum atomic E-state index is -0.359. The highest BCUT2D eigenvalue weighted by Gasteiger charge is 1.93. The lowest BCUT2D eigenvalue weighted by Gasteiger charge is -2.04. The largest absolute Gasteiger partial charge is 0.391 e. The summed E-state index contributed by atoms with van der Waals surface area (Å²) < 4.78 is 9.87. The number of hydrogen-bond acceptors (Lipinski definition) is 3. The Bertz CT molecular complexity index is 65.6. The lowest BCUT2D eigenvalue weighted by atomic mass is 10.4. The first kappa shape index (κ1) is 29.2. The quantitative estimate of drug-likeness (QED) is 0.688. The van der Waals surface area contributed by atoms with Crippen molar-refractivity contribution in [3.8, 4) is 0 Å². The van der Waals surface area contributed by atoms with E-state index in [1.54, 1.807) is 14.0 Å². The number of ether oxygens (including phenoxy) is 2. The first-order chi connectivity index (χ1) is 4.77. The van der Waals surface area contributed by atoms with Crippen LogP contribution < -0.4 is 0 Å². The van der Waals surface area contributed by atoms with E-state index in [-0.39, 0.29) is 35.8 Å². The normalized spacial score (nSPS) is 9.64. The van der Waals surface area contributed by atoms with E-state index in [9.17, 15) is 0 Å². The zero-order valence-corrected chi connectivity index (χ0v) is 6.67. The van der Waals surface area contributed by atoms with E-state index in [4.69, 9.17) is 14.6 Å². The van der Waals surface area contributed by atoms with Crippen molar-refractivity contribution in [1.29, 1.82) is 0 Å². The third-order valence-electron chi connectivity index (χ3n) is 0.996. The van der Waals surface area contributed by atoms with E-state index in [0.717, 1.165) is 13.0 Å². The third kappa shape index (κ3) is 29.7. The molecule has 0 aliphatic carbocycles. The molecule has 0 aromatic carbocycles. The molecule has 0 aliphatic rings. The van der Waals surface area contributed by atoms with Crippen LogP contribution in [0.25, 0.3) is 0 Å². The maximum absolute atomic E-state index is 8.75. The summed E-state index contributed by atoms with van der Waals surface area (Å²) in [6, 6.07) is 0. The van der Waals surface area contributed by atoms with Crippen LogP contribution >= 0.6 is 0 Å². The van der Waals surface area contributed by atoms with Gasteiger partial charge in [-0.3, -0.25) is 0 Å². The second-order valence-electron chi connectivity index (χ2n) is 2.27. The standard InChI is InChI=1S/C7H16O3.4CH4/c1-7(8)6-10-5-3-4-9-2;;;;/h7-8H,3-6H2,1-2H3;4*1H4. The molecule has 0 amide bonds. The Balaban J connectivity index is -0.0000000675. The summed E-state index contributed by atoms with van der Waals surface area (Å²) in [5.41, 5.74) is 0. The molecule has 0 aromatic rings. The molecule has 0 saturated carbocycles. The highest BCUT2D eigenvalue weighted by atomic mass is 16.5. The van der Waals surface area contributed by atoms with Crippen molar-refractivity contribution in [2.75, 3.05) is 26.9 Å². The Labute approximate surface area is 91.4 Å². The van der Waals surface area contributed by atoms with Crippen LogP contribution in [0.2, 0.25) is 0 Å². The molecule has 1 atom stereocenters. The van der Waals surface area contributed by atoms with Gasteiger partial charge in [-0.1, -0.05) is 29.7 Å². The molecule has 0 aromatic heterocycles. The fraction of sp³-hybridized carbons (Fsp3) is 1.00. The molecule has 3 heteroatoms. The monoisotopic (exact) mass is 212 g/mol. The summed E-state index contributed by atoms with van der Waals surface area (Å²) in [6.07, 6.45) is 0.533. The molecular formula is C11H32O3. The molecule has 0 heterocycles. The number of aliphatic hydroxyl groups excluding tert-OH is 1. The molecule has 0 spiro atoms. The van der Waals surface area contributed by atoms with Gasteiger partial charge in [-0.2, -0.15) is 0 Å². The van der Waals surface area contributed by atoms with E-state index in [0.29, 0.717) is 13.2 Å². The van der Waals surface area contributed by atoms with Gasteiger partial charge >= 0.3 is 0 Å². The van der Waals surface area contributed by atoms with Gasteiger partial charge in [-0.05, 0) is 13.3 Å². The van der Waals surface area contributed by atoms with Gasteiger partial charge in [0.05, 0.1) is 12.7 Å². The van der Waals surface area contributed by atoms with Crippen molar-refractivity contribution < 1.29 is 14.6 Å². The Morgan fingerprint density at radius 1 is 1.07 bits per heavy atom. The van der Waals surface area contributed by atoms with E-state index < -0.39 is 0 Å². The number of hydrogen-bond donors (Lipinski definition) is 1. The molecule has 94 valence electrons. The molecule has 1 unspecified atom stereocenters. The summed E-state index contributed by atoms with van der Waals surface area (Å²) >= 11 is 0. The Morgan fingerprint density at radius 2 is 1.57 bits per heavy atom. The second kappa shape index (κ2) is 23.1. The van der Waals surface area contributed by atoms with Crippen molar-refractivity contribution >= 4 is 0 Å². The van der Waals surface area contributed by atoms with Crippen LogP contribution in [0.3, 0.4) is 0 Å². The predicted octanol–water partition coefficient (Wildman–Crippen LogP) is 2.96. The highest BCUT2D eigenvalue weighted by molar-refractivity contribution is 4.41. The maximum Gasteiger partial charge on any atom is 0.0745 e. The van der Waals surface area contributed by atoms with Gasteiger partial charge in [0.1, 0.15) is 0 Å². The Hall–Kier alpha value is -0.120. The van der Waals surface area contributed by atoms with Crippen molar-refractivity contribution in [3.05, 3.63) is 0 Å². The molecule has 0 rings (SSSR count). The molecule has 1 N–H and O–H groups in total. The average molecular weight is 212 g/mol. The van der Waals surface area contributed by atoms with Crippen LogP contribution in [0.15, 0.2) is 0 Å². The minimum Gasteiger partial charge on any atom is -0.391 e. The van der Waals surface area contributed by atoms with Gasteiger partial charge in [-0.25, -0.2) is 0 Å². The number of aliphatic hydroxyl groups is 1. The predicted molar refractivity (Wildman–Crippen MR) is 65.9 cm³/mol. The molecule has 0 fully saturated rings. The fourth-order valence-electron chi connectivity index (χ4n) is 0.559. The van der Waals surface area contributed by atoms with Crippen LogP contribution in [0.5, 0.6) is 0 Å². The molecule has 14 heavy (non-hydrogen) atoms. The number of rotatable bonds is 6. The molecule has 3 nitrogen and oxygen atoms in total. The zero-order chi connectivity index (χ0) is 7.82. The third-order valence-corrected chi connectivity index (χ3v) is 0.996. The highest BCUT2D eigenvalue weighted by Crippen LogP contribution is 1.86. The topological polar surface area (TPSA) is 38.7 Å². The van der Waals surface area contributed by atoms with Crippen LogP contribution in [0.1, 0.15) is 43.1 Å². The first-order valence-electron chi connectivity index (χ1n) is 3.52. The van der Waals surface area contributed by atoms with E-state index in [2.05, 4.69) is 0 Å². The van der Waals surface area contributed by atoms with Gasteiger partial charge in [-0.15, -0.1) is 0 Å². The summed E-state index contributed by atoms with van der Waals surface area (Å²) in [5.74, 6) is 0. The van der Waals surface area contributed by atoms with Crippen LogP contribution in [-0.2, 0) is 9.47 Å².